The largest absolute Gasteiger partial charge is 0.497 e. The first-order chi connectivity index (χ1) is 9.51. The number of hydrogen-bond acceptors (Lipinski definition) is 4. The van der Waals surface area contributed by atoms with Gasteiger partial charge >= 0.3 is 0 Å². The van der Waals surface area contributed by atoms with Gasteiger partial charge in [0.15, 0.2) is 0 Å². The Bertz CT molecular complexity index is 542. The summed E-state index contributed by atoms with van der Waals surface area (Å²) in [6.45, 7) is 1.85. The van der Waals surface area contributed by atoms with E-state index in [0.717, 1.165) is 24.3 Å². The summed E-state index contributed by atoms with van der Waals surface area (Å²) in [5.74, 6) is 0.723. The Morgan fingerprint density at radius 3 is 2.95 bits per heavy atom. The molecule has 0 bridgehead atoms. The summed E-state index contributed by atoms with van der Waals surface area (Å²) < 4.78 is 33.6. The smallest absolute Gasteiger partial charge is 0.279 e. The van der Waals surface area contributed by atoms with E-state index in [-0.39, 0.29) is 6.04 Å². The van der Waals surface area contributed by atoms with Gasteiger partial charge < -0.3 is 10.1 Å². The van der Waals surface area contributed by atoms with Crippen molar-refractivity contribution in [2.45, 2.75) is 19.0 Å². The molecule has 0 radical (unpaired) electrons. The number of nitrogens with one attached hydrogen (secondary N) is 2. The topological polar surface area (TPSA) is 70.7 Å². The average molecular weight is 299 g/mol. The summed E-state index contributed by atoms with van der Waals surface area (Å²) >= 11 is 0. The van der Waals surface area contributed by atoms with Gasteiger partial charge in [-0.2, -0.15) is 17.4 Å². The van der Waals surface area contributed by atoms with Gasteiger partial charge in [0, 0.05) is 26.2 Å². The highest BCUT2D eigenvalue weighted by Crippen LogP contribution is 2.15. The summed E-state index contributed by atoms with van der Waals surface area (Å²) in [5, 5.41) is 3.14. The molecule has 0 saturated carbocycles. The fourth-order valence-corrected chi connectivity index (χ4v) is 3.29. The molecule has 112 valence electrons. The molecule has 7 heteroatoms. The van der Waals surface area contributed by atoms with Gasteiger partial charge in [0.05, 0.1) is 7.11 Å². The van der Waals surface area contributed by atoms with E-state index in [2.05, 4.69) is 10.0 Å². The highest BCUT2D eigenvalue weighted by atomic mass is 32.2. The van der Waals surface area contributed by atoms with Crippen molar-refractivity contribution >= 4 is 10.2 Å². The Morgan fingerprint density at radius 1 is 1.50 bits per heavy atom. The second-order valence-corrected chi connectivity index (χ2v) is 6.73. The number of hydrogen-bond donors (Lipinski definition) is 2. The SMILES string of the molecule is COc1cccc(CN(C)S(=O)(=O)N[C@@H]2CCNC2)c1. The Balaban J connectivity index is 2.00. The van der Waals surface area contributed by atoms with Crippen molar-refractivity contribution < 1.29 is 13.2 Å². The molecule has 1 heterocycles. The van der Waals surface area contributed by atoms with Crippen LogP contribution in [0.25, 0.3) is 0 Å². The predicted octanol–water partition coefficient (Wildman–Crippen LogP) is 0.323. The van der Waals surface area contributed by atoms with Crippen LogP contribution in [0.4, 0.5) is 0 Å². The van der Waals surface area contributed by atoms with Crippen LogP contribution in [-0.2, 0) is 16.8 Å². The lowest BCUT2D eigenvalue weighted by Gasteiger charge is -2.20. The molecule has 1 atom stereocenters. The van der Waals surface area contributed by atoms with Crippen LogP contribution in [0.2, 0.25) is 0 Å². The Hall–Kier alpha value is -1.15. The zero-order valence-corrected chi connectivity index (χ0v) is 12.6. The zero-order chi connectivity index (χ0) is 14.6. The van der Waals surface area contributed by atoms with Crippen molar-refractivity contribution in [3.63, 3.8) is 0 Å². The fourth-order valence-electron chi connectivity index (χ4n) is 2.17. The van der Waals surface area contributed by atoms with Crippen LogP contribution in [0.5, 0.6) is 5.75 Å². The van der Waals surface area contributed by atoms with E-state index in [1.54, 1.807) is 14.2 Å². The van der Waals surface area contributed by atoms with Crippen molar-refractivity contribution in [1.29, 1.82) is 0 Å². The van der Waals surface area contributed by atoms with Crippen molar-refractivity contribution in [3.05, 3.63) is 29.8 Å². The second-order valence-electron chi connectivity index (χ2n) is 4.92. The molecule has 0 aromatic heterocycles. The number of rotatable bonds is 6. The lowest BCUT2D eigenvalue weighted by Crippen LogP contribution is -2.44. The van der Waals surface area contributed by atoms with E-state index >= 15 is 0 Å². The minimum absolute atomic E-state index is 0.0206. The predicted molar refractivity (Wildman–Crippen MR) is 77.8 cm³/mol. The quantitative estimate of drug-likeness (QED) is 0.794. The van der Waals surface area contributed by atoms with Crippen molar-refractivity contribution in [2.75, 3.05) is 27.2 Å². The summed E-state index contributed by atoms with van der Waals surface area (Å²) in [6.07, 6.45) is 0.826. The lowest BCUT2D eigenvalue weighted by molar-refractivity contribution is 0.411. The Morgan fingerprint density at radius 2 is 2.30 bits per heavy atom. The third-order valence-electron chi connectivity index (χ3n) is 3.33. The maximum absolute atomic E-state index is 12.2. The monoisotopic (exact) mass is 299 g/mol. The number of benzene rings is 1. The highest BCUT2D eigenvalue weighted by molar-refractivity contribution is 7.87. The molecule has 1 aliphatic heterocycles. The standard InChI is InChI=1S/C13H21N3O3S/c1-16(10-11-4-3-5-13(8-11)19-2)20(17,18)15-12-6-7-14-9-12/h3-5,8,12,14-15H,6-7,9-10H2,1-2H3/t12-/m1/s1. The average Bonchev–Trinajstić information content (AvgIpc) is 2.91. The molecule has 0 unspecified atom stereocenters. The first kappa shape index (κ1) is 15.2. The first-order valence-corrected chi connectivity index (χ1v) is 8.02. The van der Waals surface area contributed by atoms with E-state index in [4.69, 9.17) is 4.74 Å². The van der Waals surface area contributed by atoms with Crippen LogP contribution in [0.3, 0.4) is 0 Å². The maximum Gasteiger partial charge on any atom is 0.279 e. The molecule has 1 fully saturated rings. The molecule has 6 nitrogen and oxygen atoms in total. The number of nitrogens with zero attached hydrogens (tertiary/aromatic N) is 1. The summed E-state index contributed by atoms with van der Waals surface area (Å²) in [7, 11) is -0.294. The molecule has 2 rings (SSSR count). The van der Waals surface area contributed by atoms with E-state index in [1.165, 1.54) is 4.31 Å². The van der Waals surface area contributed by atoms with Gasteiger partial charge in [-0.1, -0.05) is 12.1 Å². The molecule has 0 amide bonds. The van der Waals surface area contributed by atoms with Gasteiger partial charge in [-0.15, -0.1) is 0 Å². The van der Waals surface area contributed by atoms with Gasteiger partial charge in [0.1, 0.15) is 5.75 Å². The molecule has 1 saturated heterocycles. The first-order valence-electron chi connectivity index (χ1n) is 6.58. The minimum Gasteiger partial charge on any atom is -0.497 e. The summed E-state index contributed by atoms with van der Waals surface area (Å²) in [6, 6.07) is 7.38. The molecule has 0 aliphatic carbocycles. The molecular weight excluding hydrogens is 278 g/mol. The minimum atomic E-state index is -3.46. The third kappa shape index (κ3) is 3.92. The van der Waals surface area contributed by atoms with Crippen LogP contribution in [0.1, 0.15) is 12.0 Å². The van der Waals surface area contributed by atoms with Gasteiger partial charge in [-0.05, 0) is 30.7 Å². The van der Waals surface area contributed by atoms with Crippen molar-refractivity contribution in [1.82, 2.24) is 14.3 Å². The lowest BCUT2D eigenvalue weighted by atomic mass is 10.2. The summed E-state index contributed by atoms with van der Waals surface area (Å²) in [5.41, 5.74) is 0.891. The molecule has 2 N–H and O–H groups in total. The number of methoxy groups -OCH3 is 1. The molecule has 20 heavy (non-hydrogen) atoms. The van der Waals surface area contributed by atoms with Crippen LogP contribution >= 0.6 is 0 Å². The van der Waals surface area contributed by atoms with Gasteiger partial charge in [0.2, 0.25) is 0 Å². The molecular formula is C13H21N3O3S. The highest BCUT2D eigenvalue weighted by Gasteiger charge is 2.24. The van der Waals surface area contributed by atoms with E-state index in [0.29, 0.717) is 13.1 Å². The van der Waals surface area contributed by atoms with E-state index in [1.807, 2.05) is 24.3 Å². The Labute approximate surface area is 120 Å². The molecule has 1 aliphatic rings. The molecule has 1 aromatic carbocycles. The zero-order valence-electron chi connectivity index (χ0n) is 11.8. The van der Waals surface area contributed by atoms with Gasteiger partial charge in [-0.25, -0.2) is 0 Å². The number of ether oxygens (including phenoxy) is 1. The van der Waals surface area contributed by atoms with Crippen LogP contribution in [-0.4, -0.2) is 46.0 Å². The normalized spacial score (nSPS) is 19.4. The second kappa shape index (κ2) is 6.53. The fraction of sp³-hybridized carbons (Fsp3) is 0.538. The van der Waals surface area contributed by atoms with Gasteiger partial charge in [0.25, 0.3) is 10.2 Å². The van der Waals surface area contributed by atoms with Crippen LogP contribution in [0, 0.1) is 0 Å². The van der Waals surface area contributed by atoms with Crippen molar-refractivity contribution in [3.8, 4) is 5.75 Å². The van der Waals surface area contributed by atoms with Crippen LogP contribution < -0.4 is 14.8 Å². The molecule has 1 aromatic rings. The van der Waals surface area contributed by atoms with Crippen LogP contribution in [0.15, 0.2) is 24.3 Å². The van der Waals surface area contributed by atoms with E-state index in [9.17, 15) is 8.42 Å². The summed E-state index contributed by atoms with van der Waals surface area (Å²) in [4.78, 5) is 0. The van der Waals surface area contributed by atoms with E-state index < -0.39 is 10.2 Å². The Kier molecular flexibility index (Phi) is 4.98. The van der Waals surface area contributed by atoms with Crippen molar-refractivity contribution in [2.24, 2.45) is 0 Å². The maximum atomic E-state index is 12.2. The molecule has 0 spiro atoms. The third-order valence-corrected chi connectivity index (χ3v) is 4.91. The van der Waals surface area contributed by atoms with Gasteiger partial charge in [-0.3, -0.25) is 0 Å².